The van der Waals surface area contributed by atoms with Crippen molar-refractivity contribution in [1.82, 2.24) is 5.32 Å². The van der Waals surface area contributed by atoms with Crippen LogP contribution in [0.15, 0.2) is 23.1 Å². The van der Waals surface area contributed by atoms with E-state index in [4.69, 9.17) is 5.11 Å². The maximum Gasteiger partial charge on any atom is 0.326 e. The molecule has 7 heteroatoms. The monoisotopic (exact) mass is 317 g/mol. The second-order valence-electron chi connectivity index (χ2n) is 5.57. The van der Waals surface area contributed by atoms with Gasteiger partial charge < -0.3 is 10.4 Å². The van der Waals surface area contributed by atoms with Gasteiger partial charge in [-0.05, 0) is 17.5 Å². The van der Waals surface area contributed by atoms with Crippen LogP contribution in [0.1, 0.15) is 20.8 Å². The Hall–Kier alpha value is -1.63. The number of thioether (sulfide) groups is 1. The van der Waals surface area contributed by atoms with Crippen molar-refractivity contribution in [2.45, 2.75) is 31.7 Å². The average Bonchev–Trinajstić information content (AvgIpc) is 2.33. The Kier molecular flexibility index (Phi) is 5.71. The summed E-state index contributed by atoms with van der Waals surface area (Å²) in [4.78, 5) is 23.0. The summed E-state index contributed by atoms with van der Waals surface area (Å²) in [5.41, 5.74) is -0.646. The van der Waals surface area contributed by atoms with Crippen LogP contribution in [-0.4, -0.2) is 28.8 Å². The molecule has 1 rings (SSSR count). The van der Waals surface area contributed by atoms with Gasteiger partial charge in [0.15, 0.2) is 0 Å². The van der Waals surface area contributed by atoms with E-state index in [0.717, 1.165) is 23.9 Å². The fourth-order valence-electron chi connectivity index (χ4n) is 1.59. The third-order valence-corrected chi connectivity index (χ3v) is 3.72. The Bertz CT molecular complexity index is 544. The molecule has 2 N–H and O–H groups in total. The molecule has 0 aliphatic heterocycles. The molecule has 0 spiro atoms. The van der Waals surface area contributed by atoms with Crippen LogP contribution >= 0.6 is 11.8 Å². The average molecular weight is 317 g/mol. The second kappa shape index (κ2) is 6.89. The number of carbonyl (C=O) groups is 2. The molecule has 1 atom stereocenters. The predicted octanol–water partition coefficient (Wildman–Crippen LogP) is 2.67. The van der Waals surface area contributed by atoms with Crippen molar-refractivity contribution in [2.24, 2.45) is 5.41 Å². The fourth-order valence-corrected chi connectivity index (χ4v) is 2.32. The van der Waals surface area contributed by atoms with Crippen molar-refractivity contribution in [3.63, 3.8) is 0 Å². The van der Waals surface area contributed by atoms with Gasteiger partial charge >= 0.3 is 5.97 Å². The molecule has 0 bridgehead atoms. The smallest absolute Gasteiger partial charge is 0.326 e. The van der Waals surface area contributed by atoms with Crippen molar-refractivity contribution < 1.29 is 23.5 Å². The number of rotatable bonds is 5. The number of hydrogen-bond donors (Lipinski definition) is 2. The van der Waals surface area contributed by atoms with Gasteiger partial charge in [-0.25, -0.2) is 13.6 Å². The Labute approximate surface area is 125 Å². The number of amides is 1. The molecular formula is C14H17F2NO3S. The van der Waals surface area contributed by atoms with Crippen LogP contribution in [0, 0.1) is 17.0 Å². The highest BCUT2D eigenvalue weighted by Gasteiger charge is 2.32. The molecule has 4 nitrogen and oxygen atoms in total. The van der Waals surface area contributed by atoms with Crippen LogP contribution in [0.3, 0.4) is 0 Å². The second-order valence-corrected chi connectivity index (χ2v) is 6.59. The summed E-state index contributed by atoms with van der Waals surface area (Å²) in [6.45, 7) is 5.08. The largest absolute Gasteiger partial charge is 0.480 e. The molecule has 0 saturated heterocycles. The number of carboxylic acid groups (broad SMARTS) is 1. The lowest BCUT2D eigenvalue weighted by atomic mass is 9.87. The van der Waals surface area contributed by atoms with E-state index in [0.29, 0.717) is 0 Å². The Balaban J connectivity index is 2.63. The van der Waals surface area contributed by atoms with E-state index in [1.165, 1.54) is 6.07 Å². The number of halogens is 2. The van der Waals surface area contributed by atoms with Crippen molar-refractivity contribution in [3.8, 4) is 0 Å². The SMILES string of the molecule is CC(C)(C)[C@@H](NC(=O)CSc1ccc(F)cc1F)C(=O)O. The summed E-state index contributed by atoms with van der Waals surface area (Å²) in [5, 5.41) is 11.5. The Morgan fingerprint density at radius 3 is 2.43 bits per heavy atom. The molecule has 0 heterocycles. The summed E-state index contributed by atoms with van der Waals surface area (Å²) >= 11 is 0.882. The zero-order chi connectivity index (χ0) is 16.2. The lowest BCUT2D eigenvalue weighted by Crippen LogP contribution is -2.49. The number of aliphatic carboxylic acids is 1. The van der Waals surface area contributed by atoms with Crippen molar-refractivity contribution in [3.05, 3.63) is 29.8 Å². The highest BCUT2D eigenvalue weighted by molar-refractivity contribution is 8.00. The maximum atomic E-state index is 13.4. The number of carboxylic acids is 1. The predicted molar refractivity (Wildman–Crippen MR) is 76.1 cm³/mol. The summed E-state index contributed by atoms with van der Waals surface area (Å²) < 4.78 is 26.1. The first kappa shape index (κ1) is 17.4. The minimum atomic E-state index is -1.13. The molecule has 0 radical (unpaired) electrons. The van der Waals surface area contributed by atoms with Crippen LogP contribution < -0.4 is 5.32 Å². The highest BCUT2D eigenvalue weighted by Crippen LogP contribution is 2.23. The van der Waals surface area contributed by atoms with E-state index < -0.39 is 35.0 Å². The van der Waals surface area contributed by atoms with E-state index in [1.807, 2.05) is 0 Å². The van der Waals surface area contributed by atoms with Gasteiger partial charge in [0.1, 0.15) is 17.7 Å². The molecular weight excluding hydrogens is 300 g/mol. The van der Waals surface area contributed by atoms with E-state index in [-0.39, 0.29) is 10.6 Å². The van der Waals surface area contributed by atoms with Crippen molar-refractivity contribution >= 4 is 23.6 Å². The lowest BCUT2D eigenvalue weighted by molar-refractivity contribution is -0.144. The Morgan fingerprint density at radius 2 is 1.95 bits per heavy atom. The summed E-state index contributed by atoms with van der Waals surface area (Å²) in [7, 11) is 0. The first-order valence-electron chi connectivity index (χ1n) is 6.21. The molecule has 0 aliphatic carbocycles. The third-order valence-electron chi connectivity index (χ3n) is 2.67. The van der Waals surface area contributed by atoms with Gasteiger partial charge in [0, 0.05) is 11.0 Å². The molecule has 116 valence electrons. The molecule has 0 aliphatic rings. The summed E-state index contributed by atoms with van der Waals surface area (Å²) in [5.74, 6) is -3.25. The van der Waals surface area contributed by atoms with Gasteiger partial charge in [-0.15, -0.1) is 11.8 Å². The van der Waals surface area contributed by atoms with Crippen LogP contribution in [0.5, 0.6) is 0 Å². The summed E-state index contributed by atoms with van der Waals surface area (Å²) in [6, 6.07) is 2.03. The minimum Gasteiger partial charge on any atom is -0.480 e. The van der Waals surface area contributed by atoms with Gasteiger partial charge in [-0.3, -0.25) is 4.79 Å². The fraction of sp³-hybridized carbons (Fsp3) is 0.429. The zero-order valence-electron chi connectivity index (χ0n) is 11.9. The number of benzene rings is 1. The molecule has 1 amide bonds. The molecule has 0 aromatic heterocycles. The standard InChI is InChI=1S/C14H17F2NO3S/c1-14(2,3)12(13(19)20)17-11(18)7-21-10-5-4-8(15)6-9(10)16/h4-6,12H,7H2,1-3H3,(H,17,18)(H,19,20)/t12-/m0/s1. The van der Waals surface area contributed by atoms with Crippen LogP contribution in [-0.2, 0) is 9.59 Å². The first-order chi connectivity index (χ1) is 9.61. The zero-order valence-corrected chi connectivity index (χ0v) is 12.8. The Morgan fingerprint density at radius 1 is 1.33 bits per heavy atom. The van der Waals surface area contributed by atoms with Crippen LogP contribution in [0.2, 0.25) is 0 Å². The van der Waals surface area contributed by atoms with Crippen LogP contribution in [0.25, 0.3) is 0 Å². The van der Waals surface area contributed by atoms with Gasteiger partial charge in [0.2, 0.25) is 5.91 Å². The van der Waals surface area contributed by atoms with E-state index in [2.05, 4.69) is 5.32 Å². The topological polar surface area (TPSA) is 66.4 Å². The normalized spacial score (nSPS) is 12.8. The van der Waals surface area contributed by atoms with E-state index in [1.54, 1.807) is 20.8 Å². The number of hydrogen-bond acceptors (Lipinski definition) is 3. The molecule has 1 aromatic rings. The molecule has 0 unspecified atom stereocenters. The first-order valence-corrected chi connectivity index (χ1v) is 7.20. The molecule has 21 heavy (non-hydrogen) atoms. The van der Waals surface area contributed by atoms with Gasteiger partial charge in [-0.2, -0.15) is 0 Å². The number of carbonyl (C=O) groups excluding carboxylic acids is 1. The van der Waals surface area contributed by atoms with Crippen molar-refractivity contribution in [1.29, 1.82) is 0 Å². The maximum absolute atomic E-state index is 13.4. The molecule has 0 fully saturated rings. The van der Waals surface area contributed by atoms with Crippen molar-refractivity contribution in [2.75, 3.05) is 5.75 Å². The number of nitrogens with one attached hydrogen (secondary N) is 1. The quantitative estimate of drug-likeness (QED) is 0.820. The van der Waals surface area contributed by atoms with Gasteiger partial charge in [-0.1, -0.05) is 20.8 Å². The van der Waals surface area contributed by atoms with Gasteiger partial charge in [0.05, 0.1) is 5.75 Å². The lowest BCUT2D eigenvalue weighted by Gasteiger charge is -2.27. The van der Waals surface area contributed by atoms with Crippen LogP contribution in [0.4, 0.5) is 8.78 Å². The van der Waals surface area contributed by atoms with E-state index in [9.17, 15) is 18.4 Å². The highest BCUT2D eigenvalue weighted by atomic mass is 32.2. The third kappa shape index (κ3) is 5.34. The minimum absolute atomic E-state index is 0.134. The van der Waals surface area contributed by atoms with Gasteiger partial charge in [0.25, 0.3) is 0 Å². The van der Waals surface area contributed by atoms with E-state index >= 15 is 0 Å². The molecule has 1 aromatic carbocycles. The molecule has 0 saturated carbocycles. The summed E-state index contributed by atoms with van der Waals surface area (Å²) in [6.07, 6.45) is 0.